The Morgan fingerprint density at radius 3 is 2.55 bits per heavy atom. The molecule has 0 bridgehead atoms. The first-order valence-corrected chi connectivity index (χ1v) is 7.83. The zero-order chi connectivity index (χ0) is 14.4. The van der Waals surface area contributed by atoms with Gasteiger partial charge in [-0.15, -0.1) is 0 Å². The van der Waals surface area contributed by atoms with Gasteiger partial charge in [0, 0.05) is 6.04 Å². The fourth-order valence-electron chi connectivity index (χ4n) is 2.48. The van der Waals surface area contributed by atoms with Crippen molar-refractivity contribution in [2.75, 3.05) is 19.8 Å². The van der Waals surface area contributed by atoms with Crippen LogP contribution in [0.1, 0.15) is 51.6 Å². The van der Waals surface area contributed by atoms with Gasteiger partial charge in [0.1, 0.15) is 13.2 Å². The third kappa shape index (κ3) is 4.14. The third-order valence-electron chi connectivity index (χ3n) is 3.64. The van der Waals surface area contributed by atoms with Gasteiger partial charge in [-0.1, -0.05) is 26.8 Å². The molecule has 1 aliphatic rings. The van der Waals surface area contributed by atoms with Crippen molar-refractivity contribution in [2.24, 2.45) is 5.92 Å². The van der Waals surface area contributed by atoms with E-state index < -0.39 is 0 Å². The summed E-state index contributed by atoms with van der Waals surface area (Å²) in [5.41, 5.74) is 1.31. The maximum absolute atomic E-state index is 5.69. The van der Waals surface area contributed by atoms with E-state index in [2.05, 4.69) is 38.2 Å². The number of fused-ring (bicyclic) bond motifs is 1. The van der Waals surface area contributed by atoms with Crippen LogP contribution in [0.4, 0.5) is 0 Å². The van der Waals surface area contributed by atoms with E-state index in [-0.39, 0.29) is 0 Å². The van der Waals surface area contributed by atoms with Gasteiger partial charge in [-0.2, -0.15) is 0 Å². The normalized spacial score (nSPS) is 15.4. The maximum atomic E-state index is 5.69. The number of hydrogen-bond donors (Lipinski definition) is 1. The Morgan fingerprint density at radius 2 is 1.85 bits per heavy atom. The third-order valence-corrected chi connectivity index (χ3v) is 3.64. The van der Waals surface area contributed by atoms with Crippen molar-refractivity contribution >= 4 is 0 Å². The molecule has 3 heteroatoms. The average molecular weight is 277 g/mol. The maximum Gasteiger partial charge on any atom is 0.161 e. The lowest BCUT2D eigenvalue weighted by Gasteiger charge is -2.23. The van der Waals surface area contributed by atoms with E-state index in [9.17, 15) is 0 Å². The summed E-state index contributed by atoms with van der Waals surface area (Å²) >= 11 is 0. The van der Waals surface area contributed by atoms with Crippen molar-refractivity contribution in [3.8, 4) is 11.5 Å². The Balaban J connectivity index is 2.10. The number of nitrogens with one attached hydrogen (secondary N) is 1. The van der Waals surface area contributed by atoms with Gasteiger partial charge in [0.2, 0.25) is 0 Å². The number of rotatable bonds is 7. The zero-order valence-corrected chi connectivity index (χ0v) is 12.9. The van der Waals surface area contributed by atoms with E-state index >= 15 is 0 Å². The van der Waals surface area contributed by atoms with Crippen LogP contribution in [0, 0.1) is 5.92 Å². The van der Waals surface area contributed by atoms with Crippen LogP contribution in [0.3, 0.4) is 0 Å². The Kier molecular flexibility index (Phi) is 5.72. The lowest BCUT2D eigenvalue weighted by Crippen LogP contribution is -2.23. The van der Waals surface area contributed by atoms with Gasteiger partial charge in [0.25, 0.3) is 0 Å². The number of hydrogen-bond acceptors (Lipinski definition) is 3. The van der Waals surface area contributed by atoms with Crippen LogP contribution in [0.25, 0.3) is 0 Å². The second-order valence-corrected chi connectivity index (χ2v) is 5.88. The van der Waals surface area contributed by atoms with Crippen molar-refractivity contribution in [3.05, 3.63) is 23.8 Å². The van der Waals surface area contributed by atoms with Crippen LogP contribution in [-0.4, -0.2) is 19.8 Å². The molecule has 3 nitrogen and oxygen atoms in total. The highest BCUT2D eigenvalue weighted by atomic mass is 16.6. The van der Waals surface area contributed by atoms with Gasteiger partial charge >= 0.3 is 0 Å². The highest BCUT2D eigenvalue weighted by molar-refractivity contribution is 5.44. The highest BCUT2D eigenvalue weighted by Crippen LogP contribution is 2.33. The predicted octanol–water partition coefficient (Wildman–Crippen LogP) is 3.93. The van der Waals surface area contributed by atoms with Crippen molar-refractivity contribution in [2.45, 2.75) is 46.1 Å². The molecular weight excluding hydrogens is 250 g/mol. The Bertz CT molecular complexity index is 417. The van der Waals surface area contributed by atoms with E-state index in [1.54, 1.807) is 0 Å². The summed E-state index contributed by atoms with van der Waals surface area (Å²) in [4.78, 5) is 0. The molecule has 112 valence electrons. The van der Waals surface area contributed by atoms with Gasteiger partial charge in [-0.25, -0.2) is 0 Å². The predicted molar refractivity (Wildman–Crippen MR) is 82.5 cm³/mol. The molecule has 1 atom stereocenters. The molecule has 1 heterocycles. The van der Waals surface area contributed by atoms with Gasteiger partial charge in [0.05, 0.1) is 0 Å². The van der Waals surface area contributed by atoms with Crippen molar-refractivity contribution in [1.82, 2.24) is 5.32 Å². The second kappa shape index (κ2) is 7.53. The largest absolute Gasteiger partial charge is 0.486 e. The van der Waals surface area contributed by atoms with Crippen molar-refractivity contribution < 1.29 is 9.47 Å². The Hall–Kier alpha value is -1.22. The minimum atomic E-state index is 0.410. The van der Waals surface area contributed by atoms with Crippen molar-refractivity contribution in [3.63, 3.8) is 0 Å². The van der Waals surface area contributed by atoms with Crippen LogP contribution in [0.2, 0.25) is 0 Å². The molecule has 0 amide bonds. The van der Waals surface area contributed by atoms with E-state index in [0.29, 0.717) is 19.3 Å². The van der Waals surface area contributed by atoms with Crippen LogP contribution in [0.15, 0.2) is 18.2 Å². The molecule has 0 saturated heterocycles. The molecular formula is C17H27NO2. The number of ether oxygens (including phenoxy) is 2. The van der Waals surface area contributed by atoms with Crippen LogP contribution >= 0.6 is 0 Å². The van der Waals surface area contributed by atoms with E-state index in [1.807, 2.05) is 6.07 Å². The van der Waals surface area contributed by atoms with Gasteiger partial charge < -0.3 is 14.8 Å². The molecule has 0 fully saturated rings. The van der Waals surface area contributed by atoms with Gasteiger partial charge in [-0.05, 0) is 49.4 Å². The fourth-order valence-corrected chi connectivity index (χ4v) is 2.48. The fraction of sp³-hybridized carbons (Fsp3) is 0.647. The lowest BCUT2D eigenvalue weighted by molar-refractivity contribution is 0.171. The molecule has 1 aromatic carbocycles. The Morgan fingerprint density at radius 1 is 1.10 bits per heavy atom. The second-order valence-electron chi connectivity index (χ2n) is 5.88. The summed E-state index contributed by atoms with van der Waals surface area (Å²) in [5.74, 6) is 2.50. The monoisotopic (exact) mass is 277 g/mol. The van der Waals surface area contributed by atoms with Gasteiger partial charge in [-0.3, -0.25) is 0 Å². The molecule has 0 aromatic heterocycles. The summed E-state index contributed by atoms with van der Waals surface area (Å²) in [6.07, 6.45) is 3.55. The lowest BCUT2D eigenvalue weighted by atomic mass is 9.97. The summed E-state index contributed by atoms with van der Waals surface area (Å²) in [6.45, 7) is 9.11. The van der Waals surface area contributed by atoms with Crippen LogP contribution in [0.5, 0.6) is 11.5 Å². The molecule has 1 aromatic rings. The summed E-state index contributed by atoms with van der Waals surface area (Å²) in [6, 6.07) is 6.76. The topological polar surface area (TPSA) is 30.5 Å². The van der Waals surface area contributed by atoms with Gasteiger partial charge in [0.15, 0.2) is 11.5 Å². The van der Waals surface area contributed by atoms with E-state index in [1.165, 1.54) is 12.0 Å². The molecule has 20 heavy (non-hydrogen) atoms. The summed E-state index contributed by atoms with van der Waals surface area (Å²) < 4.78 is 11.3. The zero-order valence-electron chi connectivity index (χ0n) is 12.9. The summed E-state index contributed by atoms with van der Waals surface area (Å²) in [7, 11) is 0. The molecule has 2 rings (SSSR count). The molecule has 0 saturated carbocycles. The molecule has 0 spiro atoms. The first-order chi connectivity index (χ1) is 9.70. The first-order valence-electron chi connectivity index (χ1n) is 7.83. The summed E-state index contributed by atoms with van der Waals surface area (Å²) in [5, 5.41) is 3.65. The SMILES string of the molecule is CCCNC(CCC(C)C)c1ccc2c(c1)OCCO2. The average Bonchev–Trinajstić information content (AvgIpc) is 2.46. The Labute approximate surface area is 122 Å². The van der Waals surface area contributed by atoms with E-state index in [4.69, 9.17) is 9.47 Å². The smallest absolute Gasteiger partial charge is 0.161 e. The standard InChI is InChI=1S/C17H27NO2/c1-4-9-18-15(7-5-13(2)3)14-6-8-16-17(12-14)20-11-10-19-16/h6,8,12-13,15,18H,4-5,7,9-11H2,1-3H3. The van der Waals surface area contributed by atoms with E-state index in [0.717, 1.165) is 36.8 Å². The highest BCUT2D eigenvalue weighted by Gasteiger charge is 2.16. The van der Waals surface area contributed by atoms with Crippen molar-refractivity contribution in [1.29, 1.82) is 0 Å². The molecule has 0 radical (unpaired) electrons. The first kappa shape index (κ1) is 15.2. The quantitative estimate of drug-likeness (QED) is 0.819. The number of benzene rings is 1. The minimum absolute atomic E-state index is 0.410. The minimum Gasteiger partial charge on any atom is -0.486 e. The van der Waals surface area contributed by atoms with Crippen LogP contribution in [-0.2, 0) is 0 Å². The molecule has 1 N–H and O–H groups in total. The molecule has 1 unspecified atom stereocenters. The van der Waals surface area contributed by atoms with Crippen LogP contribution < -0.4 is 14.8 Å². The molecule has 1 aliphatic heterocycles. The molecule has 0 aliphatic carbocycles.